The summed E-state index contributed by atoms with van der Waals surface area (Å²) in [7, 11) is -3.07. The zero-order valence-electron chi connectivity index (χ0n) is 14.2. The van der Waals surface area contributed by atoms with Crippen LogP contribution in [-0.2, 0) is 29.2 Å². The number of nitrogens with zero attached hydrogens (tertiary/aromatic N) is 2. The quantitative estimate of drug-likeness (QED) is 0.881. The van der Waals surface area contributed by atoms with E-state index in [1.165, 1.54) is 12.1 Å². The summed E-state index contributed by atoms with van der Waals surface area (Å²) in [5, 5.41) is 7.43. The Balaban J connectivity index is 1.58. The van der Waals surface area contributed by atoms with E-state index < -0.39 is 9.84 Å². The third kappa shape index (κ3) is 3.25. The van der Waals surface area contributed by atoms with Crippen molar-refractivity contribution in [1.29, 1.82) is 0 Å². The number of halogens is 1. The first-order chi connectivity index (χ1) is 12.4. The number of carbonyl (C=O) groups excluding carboxylic acids is 1. The Morgan fingerprint density at radius 1 is 1.27 bits per heavy atom. The summed E-state index contributed by atoms with van der Waals surface area (Å²) in [5.41, 5.74) is 3.12. The van der Waals surface area contributed by atoms with Gasteiger partial charge in [-0.05, 0) is 43.4 Å². The van der Waals surface area contributed by atoms with Crippen LogP contribution >= 0.6 is 0 Å². The molecule has 8 heteroatoms. The largest absolute Gasteiger partial charge is 0.347 e. The predicted octanol–water partition coefficient (Wildman–Crippen LogP) is 1.80. The second-order valence-electron chi connectivity index (χ2n) is 6.94. The number of aromatic nitrogens is 2. The second-order valence-corrected chi connectivity index (χ2v) is 9.17. The third-order valence-electron chi connectivity index (χ3n) is 5.07. The number of benzene rings is 1. The summed E-state index contributed by atoms with van der Waals surface area (Å²) in [6.45, 7) is 0.280. The Morgan fingerprint density at radius 2 is 2.04 bits per heavy atom. The van der Waals surface area contributed by atoms with Gasteiger partial charge in [-0.25, -0.2) is 12.8 Å². The molecule has 1 aliphatic heterocycles. The Bertz CT molecular complexity index is 951. The highest BCUT2D eigenvalue weighted by Crippen LogP contribution is 2.31. The van der Waals surface area contributed by atoms with Crippen molar-refractivity contribution in [1.82, 2.24) is 15.1 Å². The highest BCUT2D eigenvalue weighted by Gasteiger charge is 2.35. The van der Waals surface area contributed by atoms with Crippen LogP contribution in [0.5, 0.6) is 0 Å². The number of hydrogen-bond donors (Lipinski definition) is 1. The van der Waals surface area contributed by atoms with Gasteiger partial charge in [0.1, 0.15) is 11.5 Å². The molecule has 4 rings (SSSR count). The van der Waals surface area contributed by atoms with Crippen LogP contribution in [0.25, 0.3) is 0 Å². The van der Waals surface area contributed by atoms with E-state index in [1.807, 2.05) is 0 Å². The summed E-state index contributed by atoms with van der Waals surface area (Å²) in [6, 6.07) is 5.68. The second kappa shape index (κ2) is 6.50. The van der Waals surface area contributed by atoms with Gasteiger partial charge in [-0.2, -0.15) is 5.10 Å². The molecule has 1 amide bonds. The van der Waals surface area contributed by atoms with Gasteiger partial charge < -0.3 is 5.32 Å². The van der Waals surface area contributed by atoms with E-state index in [0.717, 1.165) is 36.1 Å². The van der Waals surface area contributed by atoms with Crippen molar-refractivity contribution in [3.8, 4) is 0 Å². The van der Waals surface area contributed by atoms with Crippen molar-refractivity contribution in [2.24, 2.45) is 0 Å². The maximum atomic E-state index is 13.0. The SMILES string of the molecule is O=C(NCc1ccc(F)cc1)c1c2c(nn1[C@@H]1CCS(=O)(=O)C1)CCC2. The van der Waals surface area contributed by atoms with Gasteiger partial charge in [0.2, 0.25) is 0 Å². The first kappa shape index (κ1) is 17.2. The van der Waals surface area contributed by atoms with Crippen molar-refractivity contribution < 1.29 is 17.6 Å². The van der Waals surface area contributed by atoms with Crippen LogP contribution in [0.1, 0.15) is 46.2 Å². The molecule has 2 aromatic rings. The Kier molecular flexibility index (Phi) is 4.30. The lowest BCUT2D eigenvalue weighted by molar-refractivity contribution is 0.0937. The highest BCUT2D eigenvalue weighted by molar-refractivity contribution is 7.91. The first-order valence-electron chi connectivity index (χ1n) is 8.76. The molecule has 1 atom stereocenters. The van der Waals surface area contributed by atoms with E-state index in [-0.39, 0.29) is 35.8 Å². The normalized spacial score (nSPS) is 20.9. The highest BCUT2D eigenvalue weighted by atomic mass is 32.2. The molecule has 1 saturated heterocycles. The van der Waals surface area contributed by atoms with Crippen molar-refractivity contribution in [2.75, 3.05) is 11.5 Å². The van der Waals surface area contributed by atoms with Crippen LogP contribution in [0.3, 0.4) is 0 Å². The van der Waals surface area contributed by atoms with Gasteiger partial charge in [0.15, 0.2) is 9.84 Å². The number of amides is 1. The van der Waals surface area contributed by atoms with Crippen LogP contribution < -0.4 is 5.32 Å². The van der Waals surface area contributed by atoms with Crippen molar-refractivity contribution in [2.45, 2.75) is 38.3 Å². The van der Waals surface area contributed by atoms with Gasteiger partial charge in [0, 0.05) is 12.1 Å². The molecule has 0 radical (unpaired) electrons. The maximum Gasteiger partial charge on any atom is 0.270 e. The van der Waals surface area contributed by atoms with Crippen molar-refractivity contribution in [3.05, 3.63) is 52.6 Å². The van der Waals surface area contributed by atoms with E-state index in [4.69, 9.17) is 0 Å². The van der Waals surface area contributed by atoms with Crippen LogP contribution in [-0.4, -0.2) is 35.6 Å². The minimum Gasteiger partial charge on any atom is -0.347 e. The molecule has 6 nitrogen and oxygen atoms in total. The van der Waals surface area contributed by atoms with E-state index in [1.54, 1.807) is 16.8 Å². The van der Waals surface area contributed by atoms with Gasteiger partial charge in [-0.1, -0.05) is 12.1 Å². The van der Waals surface area contributed by atoms with Crippen molar-refractivity contribution >= 4 is 15.7 Å². The molecule has 1 aromatic heterocycles. The molecular formula is C18H20FN3O3S. The number of aryl methyl sites for hydroxylation is 1. The maximum absolute atomic E-state index is 13.0. The smallest absolute Gasteiger partial charge is 0.270 e. The number of carbonyl (C=O) groups is 1. The minimum atomic E-state index is -3.07. The summed E-state index contributed by atoms with van der Waals surface area (Å²) in [4.78, 5) is 12.8. The molecule has 0 spiro atoms. The number of hydrogen-bond acceptors (Lipinski definition) is 4. The molecule has 1 aromatic carbocycles. The topological polar surface area (TPSA) is 81.1 Å². The monoisotopic (exact) mass is 377 g/mol. The van der Waals surface area contributed by atoms with E-state index in [2.05, 4.69) is 10.4 Å². The van der Waals surface area contributed by atoms with Crippen LogP contribution in [0.4, 0.5) is 4.39 Å². The molecule has 2 heterocycles. The fourth-order valence-corrected chi connectivity index (χ4v) is 5.45. The summed E-state index contributed by atoms with van der Waals surface area (Å²) in [6.07, 6.45) is 3.05. The Hall–Kier alpha value is -2.22. The van der Waals surface area contributed by atoms with Crippen LogP contribution in [0.15, 0.2) is 24.3 Å². The molecule has 26 heavy (non-hydrogen) atoms. The fraction of sp³-hybridized carbons (Fsp3) is 0.444. The molecule has 0 bridgehead atoms. The van der Waals surface area contributed by atoms with Crippen LogP contribution in [0, 0.1) is 5.82 Å². The average molecular weight is 377 g/mol. The fourth-order valence-electron chi connectivity index (χ4n) is 3.75. The van der Waals surface area contributed by atoms with Gasteiger partial charge >= 0.3 is 0 Å². The average Bonchev–Trinajstić information content (AvgIpc) is 3.27. The molecule has 1 N–H and O–H groups in total. The van der Waals surface area contributed by atoms with Gasteiger partial charge in [0.25, 0.3) is 5.91 Å². The number of sulfone groups is 1. The van der Waals surface area contributed by atoms with Gasteiger partial charge in [0.05, 0.1) is 23.2 Å². The van der Waals surface area contributed by atoms with E-state index >= 15 is 0 Å². The lowest BCUT2D eigenvalue weighted by Gasteiger charge is -2.14. The van der Waals surface area contributed by atoms with Gasteiger partial charge in [-0.15, -0.1) is 0 Å². The lowest BCUT2D eigenvalue weighted by atomic mass is 10.1. The minimum absolute atomic E-state index is 0.0335. The molecule has 0 saturated carbocycles. The number of rotatable bonds is 4. The number of fused-ring (bicyclic) bond motifs is 1. The third-order valence-corrected chi connectivity index (χ3v) is 6.82. The molecule has 1 fully saturated rings. The van der Waals surface area contributed by atoms with Crippen LogP contribution in [0.2, 0.25) is 0 Å². The summed E-state index contributed by atoms with van der Waals surface area (Å²) in [5.74, 6) is -0.405. The molecule has 138 valence electrons. The van der Waals surface area contributed by atoms with Gasteiger partial charge in [-0.3, -0.25) is 9.48 Å². The molecular weight excluding hydrogens is 357 g/mol. The van der Waals surface area contributed by atoms with Crippen molar-refractivity contribution in [3.63, 3.8) is 0 Å². The summed E-state index contributed by atoms with van der Waals surface area (Å²) < 4.78 is 38.3. The van der Waals surface area contributed by atoms with E-state index in [9.17, 15) is 17.6 Å². The zero-order valence-corrected chi connectivity index (χ0v) is 15.1. The lowest BCUT2D eigenvalue weighted by Crippen LogP contribution is -2.28. The molecule has 1 aliphatic carbocycles. The molecule has 0 unspecified atom stereocenters. The predicted molar refractivity (Wildman–Crippen MR) is 94.1 cm³/mol. The van der Waals surface area contributed by atoms with E-state index in [0.29, 0.717) is 12.1 Å². The zero-order chi connectivity index (χ0) is 18.3. The standard InChI is InChI=1S/C18H20FN3O3S/c19-13-6-4-12(5-7-13)10-20-18(23)17-15-2-1-3-16(15)21-22(17)14-8-9-26(24,25)11-14/h4-7,14H,1-3,8-11H2,(H,20,23)/t14-/m1/s1. The molecule has 2 aliphatic rings. The number of nitrogens with one attached hydrogen (secondary N) is 1. The first-order valence-corrected chi connectivity index (χ1v) is 10.6. The summed E-state index contributed by atoms with van der Waals surface area (Å²) >= 11 is 0. The Morgan fingerprint density at radius 3 is 2.73 bits per heavy atom. The Labute approximate surface area is 151 Å².